The highest BCUT2D eigenvalue weighted by Crippen LogP contribution is 2.15. The first-order valence-corrected chi connectivity index (χ1v) is 6.31. The van der Waals surface area contributed by atoms with Crippen LogP contribution in [0.5, 0.6) is 0 Å². The van der Waals surface area contributed by atoms with Crippen molar-refractivity contribution in [2.75, 3.05) is 13.6 Å². The van der Waals surface area contributed by atoms with E-state index in [0.717, 1.165) is 35.7 Å². The van der Waals surface area contributed by atoms with Gasteiger partial charge in [0.1, 0.15) is 0 Å². The molecule has 0 unspecified atom stereocenters. The van der Waals surface area contributed by atoms with E-state index in [1.165, 1.54) is 0 Å². The number of fused-ring (bicyclic) bond motifs is 1. The number of unbranched alkanes of at least 4 members (excludes halogenated alkanes) is 1. The van der Waals surface area contributed by atoms with Gasteiger partial charge in [-0.3, -0.25) is 9.78 Å². The van der Waals surface area contributed by atoms with Crippen molar-refractivity contribution in [3.05, 3.63) is 42.2 Å². The second-order valence-electron chi connectivity index (χ2n) is 4.52. The zero-order chi connectivity index (χ0) is 13.0. The van der Waals surface area contributed by atoms with Crippen LogP contribution in [-0.4, -0.2) is 29.4 Å². The molecule has 0 spiro atoms. The minimum atomic E-state index is 0.0853. The van der Waals surface area contributed by atoms with Crippen molar-refractivity contribution in [3.8, 4) is 0 Å². The number of hydrogen-bond acceptors (Lipinski definition) is 2. The molecule has 1 amide bonds. The first-order valence-electron chi connectivity index (χ1n) is 6.31. The first kappa shape index (κ1) is 12.6. The molecule has 0 aliphatic heterocycles. The third kappa shape index (κ3) is 2.67. The van der Waals surface area contributed by atoms with Crippen LogP contribution in [0.2, 0.25) is 0 Å². The number of amides is 1. The summed E-state index contributed by atoms with van der Waals surface area (Å²) in [5, 5.41) is 2.12. The molecule has 94 valence electrons. The maximum Gasteiger partial charge on any atom is 0.253 e. The molecule has 0 saturated carbocycles. The summed E-state index contributed by atoms with van der Waals surface area (Å²) >= 11 is 0. The molecule has 2 aromatic rings. The predicted molar refractivity (Wildman–Crippen MR) is 73.6 cm³/mol. The largest absolute Gasteiger partial charge is 0.342 e. The summed E-state index contributed by atoms with van der Waals surface area (Å²) < 4.78 is 0. The van der Waals surface area contributed by atoms with Crippen molar-refractivity contribution < 1.29 is 4.79 Å². The van der Waals surface area contributed by atoms with Crippen molar-refractivity contribution in [2.45, 2.75) is 19.8 Å². The Labute approximate surface area is 107 Å². The van der Waals surface area contributed by atoms with Gasteiger partial charge < -0.3 is 4.90 Å². The summed E-state index contributed by atoms with van der Waals surface area (Å²) in [7, 11) is 1.86. The Bertz CT molecular complexity index is 551. The minimum Gasteiger partial charge on any atom is -0.342 e. The van der Waals surface area contributed by atoms with Gasteiger partial charge >= 0.3 is 0 Å². The summed E-state index contributed by atoms with van der Waals surface area (Å²) in [6.07, 6.45) is 5.70. The van der Waals surface area contributed by atoms with E-state index >= 15 is 0 Å². The molecular formula is C15H18N2O. The van der Waals surface area contributed by atoms with Crippen molar-refractivity contribution in [3.63, 3.8) is 0 Å². The average molecular weight is 242 g/mol. The lowest BCUT2D eigenvalue weighted by Crippen LogP contribution is -2.27. The average Bonchev–Trinajstić information content (AvgIpc) is 2.43. The summed E-state index contributed by atoms with van der Waals surface area (Å²) in [4.78, 5) is 18.1. The molecule has 2 rings (SSSR count). The van der Waals surface area contributed by atoms with Crippen LogP contribution in [0, 0.1) is 0 Å². The number of aromatic nitrogens is 1. The third-order valence-electron chi connectivity index (χ3n) is 3.08. The highest BCUT2D eigenvalue weighted by atomic mass is 16.2. The summed E-state index contributed by atoms with van der Waals surface area (Å²) in [5.41, 5.74) is 0.743. The zero-order valence-electron chi connectivity index (χ0n) is 10.9. The lowest BCUT2D eigenvalue weighted by molar-refractivity contribution is 0.0793. The van der Waals surface area contributed by atoms with Crippen LogP contribution in [-0.2, 0) is 0 Å². The number of rotatable bonds is 4. The molecule has 3 heteroatoms. The monoisotopic (exact) mass is 242 g/mol. The van der Waals surface area contributed by atoms with Crippen LogP contribution in [0.25, 0.3) is 10.8 Å². The highest BCUT2D eigenvalue weighted by Gasteiger charge is 2.11. The number of pyridine rings is 1. The fourth-order valence-corrected chi connectivity index (χ4v) is 1.93. The quantitative estimate of drug-likeness (QED) is 0.825. The second-order valence-corrected chi connectivity index (χ2v) is 4.52. The van der Waals surface area contributed by atoms with E-state index in [4.69, 9.17) is 0 Å². The van der Waals surface area contributed by atoms with E-state index in [2.05, 4.69) is 11.9 Å². The van der Waals surface area contributed by atoms with Crippen LogP contribution in [0.15, 0.2) is 36.7 Å². The van der Waals surface area contributed by atoms with Crippen molar-refractivity contribution in [2.24, 2.45) is 0 Å². The molecule has 0 fully saturated rings. The van der Waals surface area contributed by atoms with Gasteiger partial charge in [0.25, 0.3) is 5.91 Å². The fourth-order valence-electron chi connectivity index (χ4n) is 1.93. The minimum absolute atomic E-state index is 0.0853. The number of carbonyl (C=O) groups excluding carboxylic acids is 1. The first-order chi connectivity index (χ1) is 8.72. The van der Waals surface area contributed by atoms with Gasteiger partial charge in [0.2, 0.25) is 0 Å². The smallest absolute Gasteiger partial charge is 0.253 e. The van der Waals surface area contributed by atoms with Crippen LogP contribution in [0.3, 0.4) is 0 Å². The van der Waals surface area contributed by atoms with Gasteiger partial charge in [-0.2, -0.15) is 0 Å². The number of hydrogen-bond donors (Lipinski definition) is 0. The Kier molecular flexibility index (Phi) is 3.92. The van der Waals surface area contributed by atoms with E-state index in [9.17, 15) is 4.79 Å². The molecule has 0 N–H and O–H groups in total. The number of benzene rings is 1. The molecule has 3 nitrogen and oxygen atoms in total. The van der Waals surface area contributed by atoms with Crippen LogP contribution < -0.4 is 0 Å². The van der Waals surface area contributed by atoms with Gasteiger partial charge in [0, 0.05) is 36.9 Å². The number of carbonyl (C=O) groups is 1. The second kappa shape index (κ2) is 5.63. The molecule has 0 radical (unpaired) electrons. The molecular weight excluding hydrogens is 224 g/mol. The van der Waals surface area contributed by atoms with E-state index in [1.54, 1.807) is 11.1 Å². The highest BCUT2D eigenvalue weighted by molar-refractivity contribution is 5.98. The molecule has 1 heterocycles. The maximum absolute atomic E-state index is 12.2. The molecule has 18 heavy (non-hydrogen) atoms. The standard InChI is InChI=1S/C15H18N2O/c1-3-4-9-17(2)15(18)13-5-6-14-11-16-8-7-12(14)10-13/h5-8,10-11H,3-4,9H2,1-2H3. The summed E-state index contributed by atoms with van der Waals surface area (Å²) in [6.45, 7) is 2.94. The lowest BCUT2D eigenvalue weighted by Gasteiger charge is -2.16. The van der Waals surface area contributed by atoms with Gasteiger partial charge in [-0.05, 0) is 30.0 Å². The number of nitrogens with zero attached hydrogens (tertiary/aromatic N) is 2. The van der Waals surface area contributed by atoms with Gasteiger partial charge in [-0.25, -0.2) is 0 Å². The molecule has 0 aliphatic rings. The van der Waals surface area contributed by atoms with Gasteiger partial charge in [-0.15, -0.1) is 0 Å². The Hall–Kier alpha value is -1.90. The predicted octanol–water partition coefficient (Wildman–Crippen LogP) is 3.11. The van der Waals surface area contributed by atoms with E-state index in [1.807, 2.05) is 37.5 Å². The summed E-state index contributed by atoms with van der Waals surface area (Å²) in [6, 6.07) is 7.68. The SMILES string of the molecule is CCCCN(C)C(=O)c1ccc2cnccc2c1. The zero-order valence-corrected chi connectivity index (χ0v) is 10.9. The maximum atomic E-state index is 12.2. The summed E-state index contributed by atoms with van der Waals surface area (Å²) in [5.74, 6) is 0.0853. The van der Waals surface area contributed by atoms with E-state index in [-0.39, 0.29) is 5.91 Å². The van der Waals surface area contributed by atoms with Crippen molar-refractivity contribution >= 4 is 16.7 Å². The third-order valence-corrected chi connectivity index (χ3v) is 3.08. The van der Waals surface area contributed by atoms with Crippen molar-refractivity contribution in [1.29, 1.82) is 0 Å². The molecule has 0 atom stereocenters. The molecule has 1 aromatic carbocycles. The fraction of sp³-hybridized carbons (Fsp3) is 0.333. The van der Waals surface area contributed by atoms with Crippen LogP contribution >= 0.6 is 0 Å². The Morgan fingerprint density at radius 3 is 2.89 bits per heavy atom. The van der Waals surface area contributed by atoms with E-state index in [0.29, 0.717) is 0 Å². The van der Waals surface area contributed by atoms with Gasteiger partial charge in [-0.1, -0.05) is 19.4 Å². The van der Waals surface area contributed by atoms with Crippen LogP contribution in [0.1, 0.15) is 30.1 Å². The van der Waals surface area contributed by atoms with E-state index < -0.39 is 0 Å². The molecule has 0 saturated heterocycles. The lowest BCUT2D eigenvalue weighted by atomic mass is 10.1. The Morgan fingerprint density at radius 2 is 2.11 bits per heavy atom. The Balaban J connectivity index is 2.22. The Morgan fingerprint density at radius 1 is 1.28 bits per heavy atom. The molecule has 0 aliphatic carbocycles. The molecule has 0 bridgehead atoms. The van der Waals surface area contributed by atoms with Crippen molar-refractivity contribution in [1.82, 2.24) is 9.88 Å². The normalized spacial score (nSPS) is 10.6. The van der Waals surface area contributed by atoms with Gasteiger partial charge in [0.05, 0.1) is 0 Å². The van der Waals surface area contributed by atoms with Gasteiger partial charge in [0.15, 0.2) is 0 Å². The van der Waals surface area contributed by atoms with Crippen LogP contribution in [0.4, 0.5) is 0 Å². The molecule has 1 aromatic heterocycles. The topological polar surface area (TPSA) is 33.2 Å².